The van der Waals surface area contributed by atoms with Crippen LogP contribution < -0.4 is 9.47 Å². The van der Waals surface area contributed by atoms with Crippen LogP contribution in [0.2, 0.25) is 0 Å². The van der Waals surface area contributed by atoms with Gasteiger partial charge >= 0.3 is 5.97 Å². The van der Waals surface area contributed by atoms with E-state index in [0.717, 1.165) is 0 Å². The lowest BCUT2D eigenvalue weighted by Gasteiger charge is -2.08. The number of benzene rings is 1. The van der Waals surface area contributed by atoms with Crippen LogP contribution in [0.3, 0.4) is 0 Å². The summed E-state index contributed by atoms with van der Waals surface area (Å²) in [7, 11) is 4.22. The maximum Gasteiger partial charge on any atom is 0.340 e. The zero-order valence-corrected chi connectivity index (χ0v) is 10.8. The number of azide groups is 1. The second kappa shape index (κ2) is 6.93. The number of nitrogens with zero attached hydrogens (tertiary/aromatic N) is 3. The molecule has 0 aliphatic carbocycles. The average Bonchev–Trinajstić information content (AvgIpc) is 2.46. The van der Waals surface area contributed by atoms with Crippen LogP contribution in [0.4, 0.5) is 0 Å². The molecule has 0 fully saturated rings. The molecule has 7 nitrogen and oxygen atoms in total. The summed E-state index contributed by atoms with van der Waals surface area (Å²) in [5, 5.41) is 3.29. The Morgan fingerprint density at radius 2 is 2.05 bits per heavy atom. The van der Waals surface area contributed by atoms with Gasteiger partial charge in [-0.2, -0.15) is 0 Å². The van der Waals surface area contributed by atoms with E-state index >= 15 is 0 Å². The van der Waals surface area contributed by atoms with E-state index in [2.05, 4.69) is 14.8 Å². The first-order valence-corrected chi connectivity index (χ1v) is 5.23. The summed E-state index contributed by atoms with van der Waals surface area (Å²) >= 11 is 0. The van der Waals surface area contributed by atoms with Crippen LogP contribution in [0.25, 0.3) is 16.5 Å². The maximum absolute atomic E-state index is 11.4. The topological polar surface area (TPSA) is 93.5 Å². The summed E-state index contributed by atoms with van der Waals surface area (Å²) in [5.74, 6) is 0.363. The molecule has 100 valence electrons. The highest BCUT2D eigenvalue weighted by Gasteiger charge is 2.10. The van der Waals surface area contributed by atoms with Crippen molar-refractivity contribution in [1.29, 1.82) is 0 Å². The number of hydrogen-bond donors (Lipinski definition) is 0. The van der Waals surface area contributed by atoms with E-state index in [4.69, 9.17) is 15.0 Å². The van der Waals surface area contributed by atoms with E-state index in [1.807, 2.05) is 0 Å². The highest BCUT2D eigenvalue weighted by atomic mass is 16.5. The lowest BCUT2D eigenvalue weighted by atomic mass is 10.1. The summed E-state index contributed by atoms with van der Waals surface area (Å²) < 4.78 is 14.7. The molecule has 0 aliphatic heterocycles. The van der Waals surface area contributed by atoms with Crippen molar-refractivity contribution < 1.29 is 19.0 Å². The monoisotopic (exact) mass is 263 g/mol. The molecule has 0 aliphatic rings. The number of carbonyl (C=O) groups excluding carboxylic acids is 1. The fourth-order valence-corrected chi connectivity index (χ4v) is 1.37. The Hall–Kier alpha value is -2.66. The number of carbonyl (C=O) groups is 1. The van der Waals surface area contributed by atoms with E-state index in [-0.39, 0.29) is 5.70 Å². The van der Waals surface area contributed by atoms with Gasteiger partial charge in [0.05, 0.1) is 21.3 Å². The van der Waals surface area contributed by atoms with Crippen LogP contribution in [-0.4, -0.2) is 27.3 Å². The van der Waals surface area contributed by atoms with Crippen LogP contribution >= 0.6 is 0 Å². The highest BCUT2D eigenvalue weighted by Crippen LogP contribution is 2.26. The van der Waals surface area contributed by atoms with Crippen LogP contribution in [0.15, 0.2) is 29.0 Å². The minimum absolute atomic E-state index is 0.159. The summed E-state index contributed by atoms with van der Waals surface area (Å²) in [4.78, 5) is 14.0. The molecular weight excluding hydrogens is 250 g/mol. The standard InChI is InChI=1S/C12H13N3O4/c1-17-9-5-4-8(11(7-9)18-2)6-10(14-15-13)12(16)19-3/h4-7H,1-3H3/b10-6-. The fourth-order valence-electron chi connectivity index (χ4n) is 1.37. The van der Waals surface area contributed by atoms with Crippen molar-refractivity contribution in [2.75, 3.05) is 21.3 Å². The molecule has 0 amide bonds. The van der Waals surface area contributed by atoms with Gasteiger partial charge in [0.15, 0.2) is 0 Å². The van der Waals surface area contributed by atoms with Crippen molar-refractivity contribution in [2.45, 2.75) is 0 Å². The molecule has 0 heterocycles. The molecule has 1 rings (SSSR count). The third-order valence-electron chi connectivity index (χ3n) is 2.28. The zero-order chi connectivity index (χ0) is 14.3. The minimum Gasteiger partial charge on any atom is -0.497 e. The third kappa shape index (κ3) is 3.65. The van der Waals surface area contributed by atoms with E-state index in [0.29, 0.717) is 17.1 Å². The summed E-state index contributed by atoms with van der Waals surface area (Å²) in [6.45, 7) is 0. The molecule has 19 heavy (non-hydrogen) atoms. The van der Waals surface area contributed by atoms with E-state index in [1.165, 1.54) is 27.4 Å². The van der Waals surface area contributed by atoms with Crippen molar-refractivity contribution >= 4 is 12.0 Å². The summed E-state index contributed by atoms with van der Waals surface area (Å²) in [5.41, 5.74) is 8.83. The first-order chi connectivity index (χ1) is 9.15. The minimum atomic E-state index is -0.726. The molecule has 7 heteroatoms. The Labute approximate surface area is 110 Å². The summed E-state index contributed by atoms with van der Waals surface area (Å²) in [6.07, 6.45) is 1.38. The number of rotatable bonds is 5. The van der Waals surface area contributed by atoms with Crippen LogP contribution in [0.5, 0.6) is 11.5 Å². The van der Waals surface area contributed by atoms with Crippen molar-refractivity contribution in [3.8, 4) is 11.5 Å². The molecular formula is C12H13N3O4. The van der Waals surface area contributed by atoms with Gasteiger partial charge in [-0.1, -0.05) is 5.11 Å². The molecule has 0 atom stereocenters. The largest absolute Gasteiger partial charge is 0.497 e. The van der Waals surface area contributed by atoms with Crippen molar-refractivity contribution in [3.63, 3.8) is 0 Å². The molecule has 0 unspecified atom stereocenters. The van der Waals surface area contributed by atoms with Gasteiger partial charge in [-0.25, -0.2) is 4.79 Å². The van der Waals surface area contributed by atoms with E-state index in [1.54, 1.807) is 18.2 Å². The van der Waals surface area contributed by atoms with Gasteiger partial charge in [0, 0.05) is 16.5 Å². The number of esters is 1. The lowest BCUT2D eigenvalue weighted by Crippen LogP contribution is -2.02. The first kappa shape index (κ1) is 14.4. The molecule has 0 spiro atoms. The predicted molar refractivity (Wildman–Crippen MR) is 68.7 cm³/mol. The van der Waals surface area contributed by atoms with E-state index < -0.39 is 5.97 Å². The second-order valence-electron chi connectivity index (χ2n) is 3.32. The Morgan fingerprint density at radius 1 is 1.32 bits per heavy atom. The quantitative estimate of drug-likeness (QED) is 0.268. The van der Waals surface area contributed by atoms with Crippen molar-refractivity contribution in [2.24, 2.45) is 5.11 Å². The highest BCUT2D eigenvalue weighted by molar-refractivity contribution is 5.93. The first-order valence-electron chi connectivity index (χ1n) is 5.23. The third-order valence-corrected chi connectivity index (χ3v) is 2.28. The predicted octanol–water partition coefficient (Wildman–Crippen LogP) is 2.53. The molecule has 1 aromatic carbocycles. The van der Waals surface area contributed by atoms with Gasteiger partial charge in [-0.05, 0) is 23.7 Å². The molecule has 0 radical (unpaired) electrons. The summed E-state index contributed by atoms with van der Waals surface area (Å²) in [6, 6.07) is 5.02. The molecule has 0 aromatic heterocycles. The lowest BCUT2D eigenvalue weighted by molar-refractivity contribution is -0.136. The smallest absolute Gasteiger partial charge is 0.340 e. The molecule has 0 N–H and O–H groups in total. The van der Waals surface area contributed by atoms with Crippen LogP contribution in [0.1, 0.15) is 5.56 Å². The Bertz CT molecular complexity index is 548. The Kier molecular flexibility index (Phi) is 5.25. The maximum atomic E-state index is 11.4. The molecule has 0 saturated heterocycles. The van der Waals surface area contributed by atoms with Crippen LogP contribution in [-0.2, 0) is 9.53 Å². The Balaban J connectivity index is 3.27. The van der Waals surface area contributed by atoms with Gasteiger partial charge < -0.3 is 14.2 Å². The van der Waals surface area contributed by atoms with Crippen molar-refractivity contribution in [1.82, 2.24) is 0 Å². The molecule has 0 saturated carbocycles. The van der Waals surface area contributed by atoms with Gasteiger partial charge in [0.2, 0.25) is 0 Å². The van der Waals surface area contributed by atoms with Crippen LogP contribution in [0, 0.1) is 0 Å². The normalized spacial score (nSPS) is 10.4. The van der Waals surface area contributed by atoms with Gasteiger partial charge in [0.1, 0.15) is 17.2 Å². The SMILES string of the molecule is COC(=O)/C(=C/c1ccc(OC)cc1OC)N=[N+]=[N-]. The zero-order valence-electron chi connectivity index (χ0n) is 10.8. The van der Waals surface area contributed by atoms with Gasteiger partial charge in [0.25, 0.3) is 0 Å². The number of hydrogen-bond acceptors (Lipinski definition) is 5. The van der Waals surface area contributed by atoms with Gasteiger partial charge in [-0.3, -0.25) is 0 Å². The second-order valence-corrected chi connectivity index (χ2v) is 3.32. The number of methoxy groups -OCH3 is 3. The number of ether oxygens (including phenoxy) is 3. The van der Waals surface area contributed by atoms with E-state index in [9.17, 15) is 4.79 Å². The van der Waals surface area contributed by atoms with Crippen molar-refractivity contribution in [3.05, 3.63) is 39.9 Å². The molecule has 1 aromatic rings. The average molecular weight is 263 g/mol. The van der Waals surface area contributed by atoms with Gasteiger partial charge in [-0.15, -0.1) is 0 Å². The fraction of sp³-hybridized carbons (Fsp3) is 0.250. The Morgan fingerprint density at radius 3 is 2.58 bits per heavy atom. The molecule has 0 bridgehead atoms.